The lowest BCUT2D eigenvalue weighted by Crippen LogP contribution is -2.40. The van der Waals surface area contributed by atoms with Crippen molar-refractivity contribution in [2.75, 3.05) is 11.4 Å². The van der Waals surface area contributed by atoms with E-state index in [0.29, 0.717) is 23.6 Å². The van der Waals surface area contributed by atoms with Crippen LogP contribution in [0.3, 0.4) is 0 Å². The zero-order chi connectivity index (χ0) is 21.6. The summed E-state index contributed by atoms with van der Waals surface area (Å²) in [6.45, 7) is 2.49. The molecular weight excluding hydrogens is 386 g/mol. The summed E-state index contributed by atoms with van der Waals surface area (Å²) in [6.07, 6.45) is 1.10. The molecule has 2 amide bonds. The molecule has 0 fully saturated rings. The summed E-state index contributed by atoms with van der Waals surface area (Å²) in [7, 11) is 0. The van der Waals surface area contributed by atoms with Gasteiger partial charge >= 0.3 is 0 Å². The van der Waals surface area contributed by atoms with Crippen LogP contribution >= 0.6 is 0 Å². The summed E-state index contributed by atoms with van der Waals surface area (Å²) in [5.74, 6) is -0.346. The largest absolute Gasteiger partial charge is 0.350 e. The van der Waals surface area contributed by atoms with Crippen molar-refractivity contribution in [2.24, 2.45) is 4.99 Å². The van der Waals surface area contributed by atoms with Crippen LogP contribution in [0.5, 0.6) is 0 Å². The summed E-state index contributed by atoms with van der Waals surface area (Å²) >= 11 is 0. The van der Waals surface area contributed by atoms with Gasteiger partial charge in [-0.25, -0.2) is 0 Å². The molecule has 0 aromatic heterocycles. The first kappa shape index (κ1) is 20.5. The smallest absolute Gasteiger partial charge is 0.240 e. The second kappa shape index (κ2) is 9.39. The molecular formula is C26H25N3O2. The number of nitrogens with one attached hydrogen (secondary N) is 1. The van der Waals surface area contributed by atoms with Crippen molar-refractivity contribution < 1.29 is 9.59 Å². The summed E-state index contributed by atoms with van der Waals surface area (Å²) in [5, 5.41) is 2.90. The molecule has 0 spiro atoms. The molecule has 4 rings (SSSR count). The van der Waals surface area contributed by atoms with Crippen LogP contribution in [0.1, 0.15) is 30.0 Å². The Hall–Kier alpha value is -3.73. The van der Waals surface area contributed by atoms with Gasteiger partial charge in [0.25, 0.3) is 0 Å². The van der Waals surface area contributed by atoms with Crippen molar-refractivity contribution in [3.63, 3.8) is 0 Å². The Morgan fingerprint density at radius 2 is 1.65 bits per heavy atom. The van der Waals surface area contributed by atoms with Crippen molar-refractivity contribution in [2.45, 2.75) is 26.3 Å². The Morgan fingerprint density at radius 3 is 2.39 bits per heavy atom. The highest BCUT2D eigenvalue weighted by molar-refractivity contribution is 6.18. The fourth-order valence-electron chi connectivity index (χ4n) is 3.61. The van der Waals surface area contributed by atoms with Crippen LogP contribution < -0.4 is 10.2 Å². The van der Waals surface area contributed by atoms with E-state index in [0.717, 1.165) is 17.5 Å². The average molecular weight is 412 g/mol. The van der Waals surface area contributed by atoms with Gasteiger partial charge in [-0.2, -0.15) is 0 Å². The molecule has 1 aliphatic rings. The molecule has 0 bridgehead atoms. The molecule has 156 valence electrons. The first-order valence-electron chi connectivity index (χ1n) is 10.5. The minimum Gasteiger partial charge on any atom is -0.350 e. The van der Waals surface area contributed by atoms with Crippen molar-refractivity contribution >= 4 is 28.9 Å². The van der Waals surface area contributed by atoms with Crippen LogP contribution in [0.15, 0.2) is 83.9 Å². The number of aryl methyl sites for hydroxylation is 1. The number of fused-ring (bicyclic) bond motifs is 1. The third kappa shape index (κ3) is 4.89. The molecule has 0 aliphatic carbocycles. The Kier molecular flexibility index (Phi) is 6.22. The predicted molar refractivity (Wildman–Crippen MR) is 124 cm³/mol. The van der Waals surface area contributed by atoms with Gasteiger partial charge in [-0.3, -0.25) is 14.6 Å². The van der Waals surface area contributed by atoms with Crippen molar-refractivity contribution in [3.8, 4) is 0 Å². The van der Waals surface area contributed by atoms with Gasteiger partial charge in [0.15, 0.2) is 0 Å². The topological polar surface area (TPSA) is 61.8 Å². The van der Waals surface area contributed by atoms with E-state index < -0.39 is 0 Å². The van der Waals surface area contributed by atoms with E-state index in [9.17, 15) is 9.59 Å². The third-order valence-electron chi connectivity index (χ3n) is 5.38. The number of carbonyl (C=O) groups is 2. The van der Waals surface area contributed by atoms with E-state index >= 15 is 0 Å². The lowest BCUT2D eigenvalue weighted by atomic mass is 10.0. The molecule has 5 heteroatoms. The fraction of sp³-hybridized carbons (Fsp3) is 0.192. The van der Waals surface area contributed by atoms with Gasteiger partial charge in [0.05, 0.1) is 23.5 Å². The van der Waals surface area contributed by atoms with Gasteiger partial charge in [-0.15, -0.1) is 0 Å². The summed E-state index contributed by atoms with van der Waals surface area (Å²) in [5.41, 5.74) is 5.24. The molecule has 1 N–H and O–H groups in total. The highest BCUT2D eigenvalue weighted by Gasteiger charge is 2.26. The molecule has 1 aliphatic heterocycles. The summed E-state index contributed by atoms with van der Waals surface area (Å²) in [6, 6.07) is 25.3. The Balaban J connectivity index is 1.54. The molecule has 0 saturated heterocycles. The molecule has 0 atom stereocenters. The lowest BCUT2D eigenvalue weighted by Gasteiger charge is -2.22. The molecule has 0 saturated carbocycles. The third-order valence-corrected chi connectivity index (χ3v) is 5.38. The highest BCUT2D eigenvalue weighted by atomic mass is 16.2. The Labute approximate surface area is 182 Å². The average Bonchev–Trinajstić information content (AvgIpc) is 2.95. The zero-order valence-electron chi connectivity index (χ0n) is 17.5. The van der Waals surface area contributed by atoms with Crippen molar-refractivity contribution in [1.82, 2.24) is 5.32 Å². The number of amides is 2. The first-order chi connectivity index (χ1) is 15.1. The molecule has 3 aromatic carbocycles. The van der Waals surface area contributed by atoms with Crippen LogP contribution in [0, 0.1) is 0 Å². The van der Waals surface area contributed by atoms with Crippen molar-refractivity contribution in [1.29, 1.82) is 0 Å². The van der Waals surface area contributed by atoms with Gasteiger partial charge < -0.3 is 10.2 Å². The standard InChI is InChI=1S/C26H25N3O2/c1-2-19-12-14-21(15-13-19)23-16-26(31)29(24-11-7-6-10-22(24)28-23)18-25(30)27-17-20-8-4-3-5-9-20/h3-15H,2,16-18H2,1H3,(H,27,30). The lowest BCUT2D eigenvalue weighted by molar-refractivity contribution is -0.123. The second-order valence-electron chi connectivity index (χ2n) is 7.52. The fourth-order valence-corrected chi connectivity index (χ4v) is 3.61. The zero-order valence-corrected chi connectivity index (χ0v) is 17.5. The number of hydrogen-bond acceptors (Lipinski definition) is 3. The quantitative estimate of drug-likeness (QED) is 0.653. The van der Waals surface area contributed by atoms with Crippen molar-refractivity contribution in [3.05, 3.63) is 95.6 Å². The number of aliphatic imine (C=N–C) groups is 1. The van der Waals surface area contributed by atoms with Gasteiger partial charge in [-0.05, 0) is 35.2 Å². The van der Waals surface area contributed by atoms with E-state index in [1.165, 1.54) is 10.5 Å². The number of carbonyl (C=O) groups excluding carboxylic acids is 2. The number of anilines is 1. The summed E-state index contributed by atoms with van der Waals surface area (Å²) < 4.78 is 0. The van der Waals surface area contributed by atoms with Crippen LogP contribution in [0.25, 0.3) is 0 Å². The van der Waals surface area contributed by atoms with Gasteiger partial charge in [0.2, 0.25) is 11.8 Å². The maximum absolute atomic E-state index is 13.2. The number of para-hydroxylation sites is 2. The monoisotopic (exact) mass is 411 g/mol. The molecule has 3 aromatic rings. The van der Waals surface area contributed by atoms with E-state index in [4.69, 9.17) is 4.99 Å². The van der Waals surface area contributed by atoms with Crippen LogP contribution in [-0.2, 0) is 22.6 Å². The molecule has 0 radical (unpaired) electrons. The Bertz CT molecular complexity index is 1110. The van der Waals surface area contributed by atoms with Crippen LogP contribution in [-0.4, -0.2) is 24.1 Å². The molecule has 31 heavy (non-hydrogen) atoms. The van der Waals surface area contributed by atoms with E-state index in [-0.39, 0.29) is 24.8 Å². The maximum atomic E-state index is 13.2. The minimum atomic E-state index is -0.206. The number of benzene rings is 3. The van der Waals surface area contributed by atoms with Gasteiger partial charge in [0, 0.05) is 6.54 Å². The normalized spacial score (nSPS) is 13.3. The van der Waals surface area contributed by atoms with Gasteiger partial charge in [0.1, 0.15) is 6.54 Å². The van der Waals surface area contributed by atoms with Crippen LogP contribution in [0.2, 0.25) is 0 Å². The number of nitrogens with zero attached hydrogens (tertiary/aromatic N) is 2. The highest BCUT2D eigenvalue weighted by Crippen LogP contribution is 2.32. The predicted octanol–water partition coefficient (Wildman–Crippen LogP) is 4.42. The van der Waals surface area contributed by atoms with E-state index in [2.05, 4.69) is 24.4 Å². The maximum Gasteiger partial charge on any atom is 0.240 e. The molecule has 1 heterocycles. The second-order valence-corrected chi connectivity index (χ2v) is 7.52. The Morgan fingerprint density at radius 1 is 0.935 bits per heavy atom. The molecule has 5 nitrogen and oxygen atoms in total. The van der Waals surface area contributed by atoms with E-state index in [1.54, 1.807) is 0 Å². The summed E-state index contributed by atoms with van der Waals surface area (Å²) in [4.78, 5) is 32.1. The van der Waals surface area contributed by atoms with Crippen LogP contribution in [0.4, 0.5) is 11.4 Å². The number of rotatable bonds is 6. The first-order valence-corrected chi connectivity index (χ1v) is 10.5. The number of hydrogen-bond donors (Lipinski definition) is 1. The minimum absolute atomic E-state index is 0.0414. The SMILES string of the molecule is CCc1ccc(C2=Nc3ccccc3N(CC(=O)NCc3ccccc3)C(=O)C2)cc1. The van der Waals surface area contributed by atoms with Gasteiger partial charge in [-0.1, -0.05) is 73.7 Å². The van der Waals surface area contributed by atoms with E-state index in [1.807, 2.05) is 66.7 Å². The molecule has 0 unspecified atom stereocenters.